The van der Waals surface area contributed by atoms with E-state index in [1.54, 1.807) is 6.20 Å². The molecule has 2 aromatic rings. The maximum atomic E-state index is 10.1. The molecule has 1 aliphatic rings. The molecule has 1 aromatic carbocycles. The van der Waals surface area contributed by atoms with E-state index in [0.29, 0.717) is 13.0 Å². The van der Waals surface area contributed by atoms with Crippen LogP contribution in [-0.2, 0) is 6.42 Å². The van der Waals surface area contributed by atoms with Gasteiger partial charge < -0.3 is 14.7 Å². The van der Waals surface area contributed by atoms with E-state index in [0.717, 1.165) is 29.8 Å². The molecule has 2 heterocycles. The predicted octanol–water partition coefficient (Wildman–Crippen LogP) is 3.30. The number of likely N-dealkylation sites (N-methyl/N-ethyl adjacent to an activating group) is 1. The second-order valence-electron chi connectivity index (χ2n) is 6.32. The number of rotatable bonds is 7. The Morgan fingerprint density at radius 1 is 1.24 bits per heavy atom. The minimum atomic E-state index is -0.488. The highest BCUT2D eigenvalue weighted by Gasteiger charge is 2.07. The first-order chi connectivity index (χ1) is 12.2. The summed E-state index contributed by atoms with van der Waals surface area (Å²) in [5.74, 6) is 0.776. The van der Waals surface area contributed by atoms with E-state index >= 15 is 0 Å². The minimum absolute atomic E-state index is 0.297. The first kappa shape index (κ1) is 17.2. The molecule has 0 amide bonds. The Labute approximate surface area is 149 Å². The molecule has 4 heteroatoms. The van der Waals surface area contributed by atoms with Crippen molar-refractivity contribution in [1.29, 1.82) is 0 Å². The lowest BCUT2D eigenvalue weighted by Gasteiger charge is -2.18. The number of aromatic nitrogens is 1. The highest BCUT2D eigenvalue weighted by Crippen LogP contribution is 2.22. The zero-order valence-corrected chi connectivity index (χ0v) is 14.5. The van der Waals surface area contributed by atoms with Gasteiger partial charge in [-0.05, 0) is 47.7 Å². The van der Waals surface area contributed by atoms with Crippen molar-refractivity contribution in [1.82, 2.24) is 9.88 Å². The lowest BCUT2D eigenvalue weighted by Crippen LogP contribution is -2.18. The molecule has 0 radical (unpaired) electrons. The van der Waals surface area contributed by atoms with Crippen molar-refractivity contribution < 1.29 is 9.84 Å². The van der Waals surface area contributed by atoms with Crippen LogP contribution in [0.2, 0.25) is 0 Å². The van der Waals surface area contributed by atoms with Crippen LogP contribution in [0.15, 0.2) is 67.1 Å². The summed E-state index contributed by atoms with van der Waals surface area (Å²) < 4.78 is 5.71. The van der Waals surface area contributed by atoms with Gasteiger partial charge in [-0.1, -0.05) is 30.4 Å². The standard InChI is InChI=1S/C21H24N2O2/c1-23-13-3-5-19(15-23)18-7-10-21(11-8-18)25-16-20(24)9-6-17-4-2-12-22-14-17/h2-5,7-8,10-12,14-15,20,24H,6,9,13,16H2,1H3/t20-/m1/s1. The Morgan fingerprint density at radius 2 is 2.08 bits per heavy atom. The second-order valence-corrected chi connectivity index (χ2v) is 6.32. The van der Waals surface area contributed by atoms with Crippen LogP contribution < -0.4 is 4.74 Å². The number of aliphatic hydroxyl groups is 1. The van der Waals surface area contributed by atoms with Crippen molar-refractivity contribution in [3.05, 3.63) is 78.3 Å². The van der Waals surface area contributed by atoms with Gasteiger partial charge in [0.05, 0.1) is 6.10 Å². The van der Waals surface area contributed by atoms with E-state index in [1.807, 2.05) is 42.6 Å². The summed E-state index contributed by atoms with van der Waals surface area (Å²) in [6.45, 7) is 1.24. The molecule has 130 valence electrons. The van der Waals surface area contributed by atoms with E-state index in [-0.39, 0.29) is 0 Å². The summed E-state index contributed by atoms with van der Waals surface area (Å²) in [4.78, 5) is 6.23. The summed E-state index contributed by atoms with van der Waals surface area (Å²) in [6, 6.07) is 11.9. The number of ether oxygens (including phenoxy) is 1. The van der Waals surface area contributed by atoms with Crippen LogP contribution in [0.1, 0.15) is 17.5 Å². The Bertz CT molecular complexity index is 723. The van der Waals surface area contributed by atoms with Crippen LogP contribution in [0, 0.1) is 0 Å². The van der Waals surface area contributed by atoms with Gasteiger partial charge in [0.1, 0.15) is 12.4 Å². The normalized spacial score (nSPS) is 15.0. The summed E-state index contributed by atoms with van der Waals surface area (Å²) >= 11 is 0. The Kier molecular flexibility index (Phi) is 5.86. The molecule has 0 fully saturated rings. The van der Waals surface area contributed by atoms with Gasteiger partial charge in [0.2, 0.25) is 0 Å². The Hall–Kier alpha value is -2.59. The first-order valence-electron chi connectivity index (χ1n) is 8.59. The van der Waals surface area contributed by atoms with E-state index in [2.05, 4.69) is 35.3 Å². The number of hydrogen-bond donors (Lipinski definition) is 1. The van der Waals surface area contributed by atoms with Crippen molar-refractivity contribution in [2.24, 2.45) is 0 Å². The van der Waals surface area contributed by atoms with Crippen molar-refractivity contribution in [2.45, 2.75) is 18.9 Å². The Morgan fingerprint density at radius 3 is 2.80 bits per heavy atom. The van der Waals surface area contributed by atoms with E-state index < -0.39 is 6.10 Å². The van der Waals surface area contributed by atoms with Gasteiger partial charge in [-0.25, -0.2) is 0 Å². The van der Waals surface area contributed by atoms with Crippen molar-refractivity contribution >= 4 is 5.57 Å². The highest BCUT2D eigenvalue weighted by molar-refractivity contribution is 5.74. The van der Waals surface area contributed by atoms with Crippen LogP contribution in [0.25, 0.3) is 5.57 Å². The third kappa shape index (κ3) is 5.19. The van der Waals surface area contributed by atoms with Crippen LogP contribution in [0.5, 0.6) is 5.75 Å². The third-order valence-electron chi connectivity index (χ3n) is 4.17. The fourth-order valence-electron chi connectivity index (χ4n) is 2.75. The molecular formula is C21H24N2O2. The first-order valence-corrected chi connectivity index (χ1v) is 8.59. The fourth-order valence-corrected chi connectivity index (χ4v) is 2.75. The largest absolute Gasteiger partial charge is 0.491 e. The number of nitrogens with zero attached hydrogens (tertiary/aromatic N) is 2. The van der Waals surface area contributed by atoms with Gasteiger partial charge in [0.25, 0.3) is 0 Å². The van der Waals surface area contributed by atoms with Crippen LogP contribution >= 0.6 is 0 Å². The van der Waals surface area contributed by atoms with Gasteiger partial charge in [0, 0.05) is 32.2 Å². The average molecular weight is 336 g/mol. The Balaban J connectivity index is 1.47. The lowest BCUT2D eigenvalue weighted by molar-refractivity contribution is 0.100. The number of allylic oxidation sites excluding steroid dienone is 2. The zero-order valence-electron chi connectivity index (χ0n) is 14.5. The summed E-state index contributed by atoms with van der Waals surface area (Å²) in [7, 11) is 2.06. The van der Waals surface area contributed by atoms with Gasteiger partial charge in [-0.3, -0.25) is 4.98 Å². The van der Waals surface area contributed by atoms with E-state index in [4.69, 9.17) is 4.74 Å². The van der Waals surface area contributed by atoms with Gasteiger partial charge in [-0.2, -0.15) is 0 Å². The number of aliphatic hydroxyl groups excluding tert-OH is 1. The second kappa shape index (κ2) is 8.49. The predicted molar refractivity (Wildman–Crippen MR) is 100 cm³/mol. The molecule has 0 bridgehead atoms. The van der Waals surface area contributed by atoms with Crippen molar-refractivity contribution in [2.75, 3.05) is 20.2 Å². The zero-order chi connectivity index (χ0) is 17.5. The average Bonchev–Trinajstić information content (AvgIpc) is 2.66. The maximum absolute atomic E-state index is 10.1. The SMILES string of the molecule is CN1C=C(c2ccc(OC[C@H](O)CCc3cccnc3)cc2)C=CC1. The molecule has 4 nitrogen and oxygen atoms in total. The number of pyridine rings is 1. The van der Waals surface area contributed by atoms with Crippen molar-refractivity contribution in [3.8, 4) is 5.75 Å². The molecule has 0 spiro atoms. The van der Waals surface area contributed by atoms with Gasteiger partial charge >= 0.3 is 0 Å². The lowest BCUT2D eigenvalue weighted by atomic mass is 10.0. The molecule has 1 aliphatic heterocycles. The molecule has 0 aliphatic carbocycles. The van der Waals surface area contributed by atoms with Crippen molar-refractivity contribution in [3.63, 3.8) is 0 Å². The molecule has 1 N–H and O–H groups in total. The smallest absolute Gasteiger partial charge is 0.119 e. The van der Waals surface area contributed by atoms with E-state index in [1.165, 1.54) is 5.57 Å². The number of benzene rings is 1. The maximum Gasteiger partial charge on any atom is 0.119 e. The molecule has 3 rings (SSSR count). The number of hydrogen-bond acceptors (Lipinski definition) is 4. The summed E-state index contributed by atoms with van der Waals surface area (Å²) in [6.07, 6.45) is 11.0. The third-order valence-corrected chi connectivity index (χ3v) is 4.17. The van der Waals surface area contributed by atoms with Crippen LogP contribution in [0.3, 0.4) is 0 Å². The summed E-state index contributed by atoms with van der Waals surface area (Å²) in [5.41, 5.74) is 3.48. The monoisotopic (exact) mass is 336 g/mol. The van der Waals surface area contributed by atoms with Crippen LogP contribution in [-0.4, -0.2) is 41.3 Å². The number of aryl methyl sites for hydroxylation is 1. The van der Waals surface area contributed by atoms with Gasteiger partial charge in [0.15, 0.2) is 0 Å². The van der Waals surface area contributed by atoms with Crippen LogP contribution in [0.4, 0.5) is 0 Å². The van der Waals surface area contributed by atoms with Gasteiger partial charge in [-0.15, -0.1) is 0 Å². The minimum Gasteiger partial charge on any atom is -0.491 e. The molecule has 25 heavy (non-hydrogen) atoms. The molecule has 0 saturated heterocycles. The summed E-state index contributed by atoms with van der Waals surface area (Å²) in [5, 5.41) is 10.1. The molecule has 1 aromatic heterocycles. The molecule has 0 saturated carbocycles. The molecular weight excluding hydrogens is 312 g/mol. The topological polar surface area (TPSA) is 45.6 Å². The quantitative estimate of drug-likeness (QED) is 0.843. The fraction of sp³-hybridized carbons (Fsp3) is 0.286. The highest BCUT2D eigenvalue weighted by atomic mass is 16.5. The molecule has 0 unspecified atom stereocenters. The molecule has 1 atom stereocenters. The van der Waals surface area contributed by atoms with E-state index in [9.17, 15) is 5.11 Å².